The second-order valence-corrected chi connectivity index (χ2v) is 9.66. The molecular formula is C31H46N2. The van der Waals surface area contributed by atoms with Crippen molar-refractivity contribution in [2.24, 2.45) is 0 Å². The first kappa shape index (κ1) is 25.4. The molecule has 2 aromatic carbocycles. The average Bonchev–Trinajstić information content (AvgIpc) is 3.20. The van der Waals surface area contributed by atoms with Gasteiger partial charge in [0, 0.05) is 37.8 Å². The molecule has 0 saturated heterocycles. The Bertz CT molecular complexity index is 800. The first-order valence-electron chi connectivity index (χ1n) is 13.6. The fraction of sp³-hybridized carbons (Fsp3) is 0.548. The Hall–Kier alpha value is -2.22. The third-order valence-corrected chi connectivity index (χ3v) is 7.49. The Labute approximate surface area is 203 Å². The fourth-order valence-corrected chi connectivity index (χ4v) is 5.79. The SMILES string of the molecule is CCCCCCCCCCN1C=CN(CC)C1(Cc1ccccc1)C(CC)c1ccccc1. The Morgan fingerprint density at radius 2 is 1.24 bits per heavy atom. The van der Waals surface area contributed by atoms with Gasteiger partial charge in [0.2, 0.25) is 0 Å². The largest absolute Gasteiger partial charge is 0.353 e. The highest BCUT2D eigenvalue weighted by atomic mass is 15.4. The summed E-state index contributed by atoms with van der Waals surface area (Å²) < 4.78 is 0. The van der Waals surface area contributed by atoms with E-state index in [0.717, 1.165) is 25.9 Å². The van der Waals surface area contributed by atoms with E-state index in [4.69, 9.17) is 0 Å². The van der Waals surface area contributed by atoms with Gasteiger partial charge >= 0.3 is 0 Å². The van der Waals surface area contributed by atoms with Gasteiger partial charge in [0.25, 0.3) is 0 Å². The predicted octanol–water partition coefficient (Wildman–Crippen LogP) is 8.37. The Kier molecular flexibility index (Phi) is 10.4. The van der Waals surface area contributed by atoms with Crippen LogP contribution in [0.5, 0.6) is 0 Å². The summed E-state index contributed by atoms with van der Waals surface area (Å²) in [5, 5.41) is 0. The van der Waals surface area contributed by atoms with Crippen LogP contribution >= 0.6 is 0 Å². The van der Waals surface area contributed by atoms with E-state index in [-0.39, 0.29) is 5.66 Å². The van der Waals surface area contributed by atoms with Crippen LogP contribution in [0, 0.1) is 0 Å². The van der Waals surface area contributed by atoms with Crippen molar-refractivity contribution < 1.29 is 0 Å². The Morgan fingerprint density at radius 1 is 0.667 bits per heavy atom. The van der Waals surface area contributed by atoms with Gasteiger partial charge in [-0.25, -0.2) is 0 Å². The molecule has 0 N–H and O–H groups in total. The molecule has 0 radical (unpaired) electrons. The van der Waals surface area contributed by atoms with E-state index >= 15 is 0 Å². The third-order valence-electron chi connectivity index (χ3n) is 7.49. The summed E-state index contributed by atoms with van der Waals surface area (Å²) in [7, 11) is 0. The first-order valence-corrected chi connectivity index (χ1v) is 13.6. The number of hydrogen-bond donors (Lipinski definition) is 0. The lowest BCUT2D eigenvalue weighted by Gasteiger charge is -2.51. The minimum atomic E-state index is -0.0483. The maximum Gasteiger partial charge on any atom is 0.123 e. The molecule has 2 unspecified atom stereocenters. The summed E-state index contributed by atoms with van der Waals surface area (Å²) in [6, 6.07) is 22.3. The van der Waals surface area contributed by atoms with Gasteiger partial charge in [0.1, 0.15) is 5.66 Å². The monoisotopic (exact) mass is 446 g/mol. The zero-order valence-corrected chi connectivity index (χ0v) is 21.4. The van der Waals surface area contributed by atoms with E-state index in [1.165, 1.54) is 62.5 Å². The minimum absolute atomic E-state index is 0.0483. The molecule has 33 heavy (non-hydrogen) atoms. The van der Waals surface area contributed by atoms with E-state index in [0.29, 0.717) is 5.92 Å². The summed E-state index contributed by atoms with van der Waals surface area (Å²) in [6.07, 6.45) is 17.8. The summed E-state index contributed by atoms with van der Waals surface area (Å²) in [6.45, 7) is 9.13. The smallest absolute Gasteiger partial charge is 0.123 e. The van der Waals surface area contributed by atoms with Crippen LogP contribution in [0.4, 0.5) is 0 Å². The van der Waals surface area contributed by atoms with Gasteiger partial charge in [-0.05, 0) is 30.9 Å². The topological polar surface area (TPSA) is 6.48 Å². The van der Waals surface area contributed by atoms with Gasteiger partial charge in [-0.2, -0.15) is 0 Å². The molecule has 0 spiro atoms. The molecule has 2 nitrogen and oxygen atoms in total. The van der Waals surface area contributed by atoms with E-state index in [9.17, 15) is 0 Å². The van der Waals surface area contributed by atoms with Crippen LogP contribution in [0.1, 0.15) is 95.6 Å². The van der Waals surface area contributed by atoms with Crippen LogP contribution in [0.3, 0.4) is 0 Å². The molecule has 2 atom stereocenters. The van der Waals surface area contributed by atoms with Gasteiger partial charge in [-0.3, -0.25) is 0 Å². The number of benzene rings is 2. The number of unbranched alkanes of at least 4 members (excludes halogenated alkanes) is 7. The molecule has 2 heteroatoms. The normalized spacial score (nSPS) is 18.8. The highest BCUT2D eigenvalue weighted by Gasteiger charge is 2.48. The molecule has 0 amide bonds. The lowest BCUT2D eigenvalue weighted by Crippen LogP contribution is -2.59. The van der Waals surface area contributed by atoms with Crippen LogP contribution in [-0.2, 0) is 6.42 Å². The van der Waals surface area contributed by atoms with Crippen LogP contribution in [0.2, 0.25) is 0 Å². The minimum Gasteiger partial charge on any atom is -0.353 e. The van der Waals surface area contributed by atoms with E-state index < -0.39 is 0 Å². The van der Waals surface area contributed by atoms with Gasteiger partial charge in [-0.15, -0.1) is 0 Å². The zero-order valence-electron chi connectivity index (χ0n) is 21.4. The molecule has 2 aromatic rings. The molecule has 1 aliphatic heterocycles. The first-order chi connectivity index (χ1) is 16.3. The van der Waals surface area contributed by atoms with Gasteiger partial charge < -0.3 is 9.80 Å². The predicted molar refractivity (Wildman–Crippen MR) is 143 cm³/mol. The number of nitrogens with zero attached hydrogens (tertiary/aromatic N) is 2. The summed E-state index contributed by atoms with van der Waals surface area (Å²) >= 11 is 0. The second kappa shape index (κ2) is 13.5. The van der Waals surface area contributed by atoms with Crippen molar-refractivity contribution in [3.05, 3.63) is 84.2 Å². The molecule has 3 rings (SSSR count). The number of rotatable bonds is 15. The van der Waals surface area contributed by atoms with Crippen molar-refractivity contribution in [2.45, 2.75) is 96.6 Å². The number of likely N-dealkylation sites (N-methyl/N-ethyl adjacent to an activating group) is 1. The average molecular weight is 447 g/mol. The molecule has 180 valence electrons. The Morgan fingerprint density at radius 3 is 1.85 bits per heavy atom. The molecule has 0 aliphatic carbocycles. The zero-order chi connectivity index (χ0) is 23.4. The Balaban J connectivity index is 1.80. The van der Waals surface area contributed by atoms with Crippen LogP contribution in [-0.4, -0.2) is 28.6 Å². The van der Waals surface area contributed by atoms with Crippen molar-refractivity contribution in [1.82, 2.24) is 9.80 Å². The van der Waals surface area contributed by atoms with E-state index in [1.807, 2.05) is 0 Å². The van der Waals surface area contributed by atoms with Crippen molar-refractivity contribution >= 4 is 0 Å². The highest BCUT2D eigenvalue weighted by molar-refractivity contribution is 5.30. The van der Waals surface area contributed by atoms with Gasteiger partial charge in [-0.1, -0.05) is 119 Å². The molecule has 1 aliphatic rings. The van der Waals surface area contributed by atoms with Gasteiger partial charge in [0.15, 0.2) is 0 Å². The molecule has 0 fully saturated rings. The quantitative estimate of drug-likeness (QED) is 0.253. The standard InChI is InChI=1S/C31H46N2/c1-4-7-8-9-10-11-12-19-24-33-26-25-32(6-3)31(33,27-28-20-15-13-16-21-28)30(5-2)29-22-17-14-18-23-29/h13-18,20-23,25-26,30H,4-12,19,24,27H2,1-3H3. The van der Waals surface area contributed by atoms with Crippen molar-refractivity contribution in [3.8, 4) is 0 Å². The van der Waals surface area contributed by atoms with Crippen LogP contribution in [0.15, 0.2) is 73.1 Å². The third kappa shape index (κ3) is 6.43. The summed E-state index contributed by atoms with van der Waals surface area (Å²) in [4.78, 5) is 5.31. The molecule has 0 saturated carbocycles. The number of hydrogen-bond acceptors (Lipinski definition) is 2. The van der Waals surface area contributed by atoms with Crippen molar-refractivity contribution in [3.63, 3.8) is 0 Å². The maximum atomic E-state index is 2.70. The van der Waals surface area contributed by atoms with Crippen LogP contribution in [0.25, 0.3) is 0 Å². The molecule has 0 aromatic heterocycles. The lowest BCUT2D eigenvalue weighted by molar-refractivity contribution is -0.00000780. The van der Waals surface area contributed by atoms with E-state index in [2.05, 4.69) is 104 Å². The summed E-state index contributed by atoms with van der Waals surface area (Å²) in [5.74, 6) is 0.447. The molecule has 1 heterocycles. The lowest BCUT2D eigenvalue weighted by atomic mass is 9.78. The highest BCUT2D eigenvalue weighted by Crippen LogP contribution is 2.44. The van der Waals surface area contributed by atoms with E-state index in [1.54, 1.807) is 0 Å². The molecule has 0 bridgehead atoms. The van der Waals surface area contributed by atoms with Crippen molar-refractivity contribution in [1.29, 1.82) is 0 Å². The fourth-order valence-electron chi connectivity index (χ4n) is 5.79. The van der Waals surface area contributed by atoms with Crippen LogP contribution < -0.4 is 0 Å². The van der Waals surface area contributed by atoms with Gasteiger partial charge in [0.05, 0.1) is 0 Å². The summed E-state index contributed by atoms with van der Waals surface area (Å²) in [5.41, 5.74) is 2.84. The van der Waals surface area contributed by atoms with Crippen molar-refractivity contribution in [2.75, 3.05) is 13.1 Å². The molecular weight excluding hydrogens is 400 g/mol. The second-order valence-electron chi connectivity index (χ2n) is 9.66. The maximum absolute atomic E-state index is 2.70.